The molecule has 0 radical (unpaired) electrons. The van der Waals surface area contributed by atoms with Gasteiger partial charge in [0.2, 0.25) is 5.82 Å². The third kappa shape index (κ3) is 8.30. The highest BCUT2D eigenvalue weighted by molar-refractivity contribution is 7.46. The van der Waals surface area contributed by atoms with Gasteiger partial charge in [-0.05, 0) is 29.0 Å². The molecule has 0 bridgehead atoms. The van der Waals surface area contributed by atoms with Gasteiger partial charge in [-0.3, -0.25) is 18.9 Å². The summed E-state index contributed by atoms with van der Waals surface area (Å²) in [5.41, 5.74) is 1.14. The molecule has 20 heteroatoms. The summed E-state index contributed by atoms with van der Waals surface area (Å²) >= 11 is 0. The minimum absolute atomic E-state index is 0.0251. The normalized spacial score (nSPS) is 20.5. The lowest BCUT2D eigenvalue weighted by atomic mass is 9.95. The van der Waals surface area contributed by atoms with Gasteiger partial charge in [0.25, 0.3) is 0 Å². The molecule has 2 aliphatic rings. The molecule has 3 heterocycles. The summed E-state index contributed by atoms with van der Waals surface area (Å²) in [4.78, 5) is 54.8. The number of phosphoric ester groups is 2. The van der Waals surface area contributed by atoms with Gasteiger partial charge in [-0.1, -0.05) is 12.1 Å². The topological polar surface area (TPSA) is 228 Å². The molecule has 2 aliphatic heterocycles. The molecule has 1 fully saturated rings. The summed E-state index contributed by atoms with van der Waals surface area (Å²) in [5, 5.41) is 11.7. The third-order valence-electron chi connectivity index (χ3n) is 5.57. The van der Waals surface area contributed by atoms with Crippen LogP contribution in [0.3, 0.4) is 0 Å². The first-order valence-electron chi connectivity index (χ1n) is 11.5. The molecule has 1 aromatic heterocycles. The van der Waals surface area contributed by atoms with Gasteiger partial charge in [-0.2, -0.15) is 4.80 Å². The lowest BCUT2D eigenvalue weighted by Crippen LogP contribution is -2.29. The van der Waals surface area contributed by atoms with Crippen molar-refractivity contribution >= 4 is 33.1 Å². The number of aryl methyl sites for hydroxylation is 1. The van der Waals surface area contributed by atoms with Crippen LogP contribution in [0.25, 0.3) is 0 Å². The van der Waals surface area contributed by atoms with E-state index >= 15 is 4.39 Å². The highest BCUT2D eigenvalue weighted by atomic mass is 31.2. The fourth-order valence-electron chi connectivity index (χ4n) is 3.87. The number of nitrogens with zero attached hydrogens (tertiary/aromatic N) is 6. The number of dihydropyridines is 1. The van der Waals surface area contributed by atoms with Gasteiger partial charge < -0.3 is 29.0 Å². The molecule has 1 amide bonds. The molecule has 40 heavy (non-hydrogen) atoms. The average molecular weight is 606 g/mol. The monoisotopic (exact) mass is 606 g/mol. The second-order valence-electron chi connectivity index (χ2n) is 8.66. The number of hydrogen-bond acceptors (Lipinski definition) is 11. The molecule has 0 spiro atoms. The minimum Gasteiger partial charge on any atom is -0.441 e. The van der Waals surface area contributed by atoms with E-state index in [1.165, 1.54) is 15.8 Å². The number of aromatic nitrogens is 4. The standard InChI is InChI=1S/C20H25FN6O11P2/c1-26-24-19(23-25-26)18-5-2-12(7-22-18)16-4-3-13(6-17(16)21)27-8-14(37-20(27)28)9-35-10-15(38-40(32,33)34)11-36-39(29,30)31/h2-6,12,14-15H,7-11H2,1H3,(H2,29,30,31)(H2,32,33,34)/t12?,14-,15-/m1/s1. The number of cyclic esters (lactones) is 1. The molecule has 1 aromatic carbocycles. The summed E-state index contributed by atoms with van der Waals surface area (Å²) in [6.07, 6.45) is 0.334. The molecule has 4 N–H and O–H groups in total. The van der Waals surface area contributed by atoms with Crippen molar-refractivity contribution in [3.8, 4) is 0 Å². The van der Waals surface area contributed by atoms with Gasteiger partial charge >= 0.3 is 21.7 Å². The van der Waals surface area contributed by atoms with Crippen LogP contribution < -0.4 is 4.90 Å². The predicted octanol–water partition coefficient (Wildman–Crippen LogP) is 0.421. The lowest BCUT2D eigenvalue weighted by molar-refractivity contribution is -0.0178. The van der Waals surface area contributed by atoms with Crippen molar-refractivity contribution in [2.24, 2.45) is 12.0 Å². The van der Waals surface area contributed by atoms with E-state index in [9.17, 15) is 13.9 Å². The van der Waals surface area contributed by atoms with Crippen molar-refractivity contribution in [2.45, 2.75) is 18.1 Å². The van der Waals surface area contributed by atoms with E-state index in [0.717, 1.165) is 0 Å². The quantitative estimate of drug-likeness (QED) is 0.240. The maximum Gasteiger partial charge on any atom is 0.470 e. The number of carbonyl (C=O) groups is 1. The molecular weight excluding hydrogens is 581 g/mol. The van der Waals surface area contributed by atoms with Crippen LogP contribution in [0.5, 0.6) is 0 Å². The second-order valence-corrected chi connectivity index (χ2v) is 11.1. The number of aliphatic imine (C=N–C) groups is 1. The molecule has 4 rings (SSSR count). The number of benzene rings is 1. The van der Waals surface area contributed by atoms with Crippen molar-refractivity contribution in [3.05, 3.63) is 47.6 Å². The molecule has 3 atom stereocenters. The Kier molecular flexibility index (Phi) is 9.24. The van der Waals surface area contributed by atoms with E-state index in [1.54, 1.807) is 31.3 Å². The maximum absolute atomic E-state index is 15.1. The van der Waals surface area contributed by atoms with Crippen molar-refractivity contribution in [3.63, 3.8) is 0 Å². The third-order valence-corrected chi connectivity index (χ3v) is 6.63. The van der Waals surface area contributed by atoms with Crippen molar-refractivity contribution in [1.82, 2.24) is 20.2 Å². The molecule has 2 aromatic rings. The average Bonchev–Trinajstić information content (AvgIpc) is 3.46. The van der Waals surface area contributed by atoms with Gasteiger partial charge in [-0.25, -0.2) is 18.3 Å². The van der Waals surface area contributed by atoms with Crippen LogP contribution in [0.15, 0.2) is 35.3 Å². The molecular formula is C20H25FN6O11P2. The van der Waals surface area contributed by atoms with Gasteiger partial charge in [0.1, 0.15) is 23.7 Å². The zero-order valence-electron chi connectivity index (χ0n) is 20.8. The van der Waals surface area contributed by atoms with Crippen LogP contribution in [-0.4, -0.2) is 96.7 Å². The maximum atomic E-state index is 15.1. The van der Waals surface area contributed by atoms with Crippen LogP contribution in [-0.2, 0) is 34.7 Å². The van der Waals surface area contributed by atoms with Gasteiger partial charge in [-0.15, -0.1) is 10.2 Å². The number of halogens is 1. The van der Waals surface area contributed by atoms with E-state index in [1.807, 2.05) is 0 Å². The minimum atomic E-state index is -5.03. The molecule has 1 unspecified atom stereocenters. The Hall–Kier alpha value is -2.92. The summed E-state index contributed by atoms with van der Waals surface area (Å²) in [5.74, 6) is -0.546. The smallest absolute Gasteiger partial charge is 0.441 e. The SMILES string of the molecule is Cn1nnc(C2=NCC(c3ccc(N4C[C@H](COC[C@H](COP(=O)(O)O)OP(=O)(O)O)OC4=O)cc3F)C=C2)n1. The van der Waals surface area contributed by atoms with Crippen molar-refractivity contribution in [1.29, 1.82) is 0 Å². The summed E-state index contributed by atoms with van der Waals surface area (Å²) in [6, 6.07) is 4.30. The zero-order chi connectivity index (χ0) is 29.1. The number of amides is 1. The van der Waals surface area contributed by atoms with Gasteiger partial charge in [0.05, 0.1) is 45.6 Å². The Morgan fingerprint density at radius 3 is 2.58 bits per heavy atom. The number of hydrogen-bond donors (Lipinski definition) is 4. The Bertz CT molecular complexity index is 1390. The van der Waals surface area contributed by atoms with E-state index in [2.05, 4.69) is 29.5 Å². The molecule has 0 saturated carbocycles. The molecule has 17 nitrogen and oxygen atoms in total. The van der Waals surface area contributed by atoms with Crippen LogP contribution >= 0.6 is 15.6 Å². The van der Waals surface area contributed by atoms with Crippen molar-refractivity contribution < 1.29 is 56.4 Å². The number of tetrazole rings is 1. The summed E-state index contributed by atoms with van der Waals surface area (Å²) in [7, 11) is -8.33. The van der Waals surface area contributed by atoms with Crippen molar-refractivity contribution in [2.75, 3.05) is 37.8 Å². The second kappa shape index (κ2) is 12.3. The first-order valence-corrected chi connectivity index (χ1v) is 14.6. The zero-order valence-corrected chi connectivity index (χ0v) is 22.5. The number of allylic oxidation sites excluding steroid dienone is 1. The highest BCUT2D eigenvalue weighted by Crippen LogP contribution is 2.40. The van der Waals surface area contributed by atoms with Gasteiger partial charge in [0, 0.05) is 5.92 Å². The molecule has 1 saturated heterocycles. The van der Waals surface area contributed by atoms with E-state index in [4.69, 9.17) is 29.0 Å². The van der Waals surface area contributed by atoms with Crippen LogP contribution in [0.4, 0.5) is 14.9 Å². The van der Waals surface area contributed by atoms with Crippen LogP contribution in [0.2, 0.25) is 0 Å². The van der Waals surface area contributed by atoms with E-state index in [-0.39, 0.29) is 31.3 Å². The number of carbonyl (C=O) groups excluding carboxylic acids is 1. The van der Waals surface area contributed by atoms with Crippen LogP contribution in [0, 0.1) is 5.82 Å². The Balaban J connectivity index is 1.32. The number of rotatable bonds is 12. The number of ether oxygens (including phenoxy) is 2. The Labute approximate surface area is 225 Å². The fourth-order valence-corrected chi connectivity index (χ4v) is 4.74. The van der Waals surface area contributed by atoms with Crippen LogP contribution in [0.1, 0.15) is 17.3 Å². The van der Waals surface area contributed by atoms with E-state index < -0.39 is 53.0 Å². The largest absolute Gasteiger partial charge is 0.470 e. The summed E-state index contributed by atoms with van der Waals surface area (Å²) < 4.78 is 56.1. The fraction of sp³-hybridized carbons (Fsp3) is 0.450. The first kappa shape index (κ1) is 30.0. The number of anilines is 1. The first-order chi connectivity index (χ1) is 18.8. The lowest BCUT2D eigenvalue weighted by Gasteiger charge is -2.19. The molecule has 0 aliphatic carbocycles. The molecule has 218 valence electrons. The Morgan fingerprint density at radius 1 is 1.20 bits per heavy atom. The predicted molar refractivity (Wildman–Crippen MR) is 132 cm³/mol. The summed E-state index contributed by atoms with van der Waals surface area (Å²) in [6.45, 7) is -1.44. The highest BCUT2D eigenvalue weighted by Gasteiger charge is 2.34. The van der Waals surface area contributed by atoms with E-state index in [0.29, 0.717) is 17.1 Å². The number of phosphoric acid groups is 2. The van der Waals surface area contributed by atoms with Gasteiger partial charge in [0.15, 0.2) is 0 Å². The Morgan fingerprint density at radius 2 is 1.98 bits per heavy atom.